The summed E-state index contributed by atoms with van der Waals surface area (Å²) in [5, 5.41) is 23.3. The summed E-state index contributed by atoms with van der Waals surface area (Å²) < 4.78 is 5.47. The molecule has 0 aliphatic carbocycles. The second kappa shape index (κ2) is 60.6. The molecule has 0 saturated carbocycles. The van der Waals surface area contributed by atoms with Crippen LogP contribution in [0.5, 0.6) is 0 Å². The summed E-state index contributed by atoms with van der Waals surface area (Å²) in [4.78, 5) is 24.5. The van der Waals surface area contributed by atoms with Gasteiger partial charge >= 0.3 is 5.97 Å². The van der Waals surface area contributed by atoms with E-state index in [0.717, 1.165) is 51.4 Å². The van der Waals surface area contributed by atoms with Gasteiger partial charge in [-0.1, -0.05) is 288 Å². The number of rotatable bonds is 59. The highest BCUT2D eigenvalue weighted by molar-refractivity contribution is 5.76. The maximum absolute atomic E-state index is 12.5. The highest BCUT2D eigenvalue weighted by atomic mass is 16.5. The number of allylic oxidation sites excluding steroid dienone is 6. The van der Waals surface area contributed by atoms with E-state index in [4.69, 9.17) is 4.74 Å². The molecule has 1 amide bonds. The molecule has 0 aromatic rings. The first-order valence-corrected chi connectivity index (χ1v) is 31.7. The highest BCUT2D eigenvalue weighted by Crippen LogP contribution is 2.17. The summed E-state index contributed by atoms with van der Waals surface area (Å²) in [7, 11) is 0. The van der Waals surface area contributed by atoms with E-state index in [2.05, 4.69) is 55.6 Å². The molecular weight excluding hydrogens is 875 g/mol. The number of nitrogens with one attached hydrogen (secondary N) is 1. The number of hydrogen-bond donors (Lipinski definition) is 3. The molecule has 0 radical (unpaired) electrons. The van der Waals surface area contributed by atoms with Crippen molar-refractivity contribution in [1.29, 1.82) is 0 Å². The molecule has 3 N–H and O–H groups in total. The van der Waals surface area contributed by atoms with Gasteiger partial charge in [0.25, 0.3) is 0 Å². The normalized spacial score (nSPS) is 12.8. The van der Waals surface area contributed by atoms with Crippen LogP contribution in [0.4, 0.5) is 0 Å². The summed E-state index contributed by atoms with van der Waals surface area (Å²) in [5.41, 5.74) is 0. The van der Waals surface area contributed by atoms with E-state index >= 15 is 0 Å². The summed E-state index contributed by atoms with van der Waals surface area (Å²) >= 11 is 0. The molecule has 0 fully saturated rings. The third kappa shape index (κ3) is 57.2. The largest absolute Gasteiger partial charge is 0.466 e. The van der Waals surface area contributed by atoms with Crippen LogP contribution in [0.2, 0.25) is 0 Å². The van der Waals surface area contributed by atoms with E-state index in [9.17, 15) is 19.8 Å². The van der Waals surface area contributed by atoms with Crippen LogP contribution in [0.3, 0.4) is 0 Å². The topological polar surface area (TPSA) is 95.9 Å². The van der Waals surface area contributed by atoms with Crippen molar-refractivity contribution < 1.29 is 24.5 Å². The van der Waals surface area contributed by atoms with E-state index in [-0.39, 0.29) is 18.5 Å². The number of aliphatic hydroxyl groups is 2. The predicted molar refractivity (Wildman–Crippen MR) is 310 cm³/mol. The zero-order valence-electron chi connectivity index (χ0n) is 47.7. The Labute approximate surface area is 443 Å². The fourth-order valence-electron chi connectivity index (χ4n) is 9.77. The van der Waals surface area contributed by atoms with Gasteiger partial charge in [0.1, 0.15) is 0 Å². The Bertz CT molecular complexity index is 1150. The van der Waals surface area contributed by atoms with Crippen LogP contribution < -0.4 is 5.32 Å². The maximum atomic E-state index is 12.5. The lowest BCUT2D eigenvalue weighted by molar-refractivity contribution is -0.143. The number of carbonyl (C=O) groups excluding carboxylic acids is 2. The van der Waals surface area contributed by atoms with E-state index in [1.165, 1.54) is 257 Å². The zero-order chi connectivity index (χ0) is 51.4. The molecular formula is C65H123NO5. The minimum absolute atomic E-state index is 0.000433. The van der Waals surface area contributed by atoms with E-state index in [1.54, 1.807) is 0 Å². The highest BCUT2D eigenvalue weighted by Gasteiger charge is 2.20. The monoisotopic (exact) mass is 998 g/mol. The van der Waals surface area contributed by atoms with E-state index in [0.29, 0.717) is 25.9 Å². The molecule has 71 heavy (non-hydrogen) atoms. The fraction of sp³-hybridized carbons (Fsp3) is 0.877. The second-order valence-electron chi connectivity index (χ2n) is 21.7. The first-order chi connectivity index (χ1) is 35.0. The average Bonchev–Trinajstić information content (AvgIpc) is 3.37. The Balaban J connectivity index is 3.38. The molecule has 0 aliphatic heterocycles. The molecule has 0 saturated heterocycles. The molecule has 2 atom stereocenters. The minimum Gasteiger partial charge on any atom is -0.466 e. The molecule has 2 unspecified atom stereocenters. The van der Waals surface area contributed by atoms with E-state index < -0.39 is 12.1 Å². The molecule has 0 spiro atoms. The molecule has 0 aliphatic rings. The number of unbranched alkanes of at least 4 members (excludes halogenated alkanes) is 42. The molecule has 418 valence electrons. The van der Waals surface area contributed by atoms with Gasteiger partial charge < -0.3 is 20.3 Å². The van der Waals surface area contributed by atoms with Crippen LogP contribution in [0.15, 0.2) is 36.5 Å². The number of esters is 1. The minimum atomic E-state index is -0.664. The first kappa shape index (κ1) is 69.1. The van der Waals surface area contributed by atoms with Gasteiger partial charge in [0.05, 0.1) is 25.4 Å². The number of carbonyl (C=O) groups is 2. The SMILES string of the molecule is CCCC/C=C\C/C=C\CCCCCCCC(=O)OCCCCCCCCCCCCCC/C=C\CCCCCCCCCCCCCC(=O)NC(CO)C(O)CCCCCCCCCCCCCCC. The van der Waals surface area contributed by atoms with Gasteiger partial charge in [0.2, 0.25) is 5.91 Å². The standard InChI is InChI=1S/C65H123NO5/c1-3-5-7-9-11-13-15-17-35-39-43-47-51-55-59-65(70)71-60-56-52-48-44-40-36-32-30-28-26-24-22-20-18-19-21-23-25-27-29-31-34-38-42-46-50-54-58-64(69)66-62(61-67)63(68)57-53-49-45-41-37-33-16-14-12-10-8-6-4-2/h9,11,15,17-19,62-63,67-68H,3-8,10,12-14,16,20-61H2,1-2H3,(H,66,69)/b11-9-,17-15-,19-18-. The van der Waals surface area contributed by atoms with Gasteiger partial charge in [0.15, 0.2) is 0 Å². The lowest BCUT2D eigenvalue weighted by Gasteiger charge is -2.22. The Morgan fingerprint density at radius 3 is 1.13 bits per heavy atom. The van der Waals surface area contributed by atoms with Crippen LogP contribution in [0.25, 0.3) is 0 Å². The summed E-state index contributed by atoms with van der Waals surface area (Å²) in [6, 6.07) is -0.541. The lowest BCUT2D eigenvalue weighted by Crippen LogP contribution is -2.45. The van der Waals surface area contributed by atoms with Crippen LogP contribution >= 0.6 is 0 Å². The molecule has 0 heterocycles. The fourth-order valence-corrected chi connectivity index (χ4v) is 9.77. The zero-order valence-corrected chi connectivity index (χ0v) is 47.7. The average molecular weight is 999 g/mol. The van der Waals surface area contributed by atoms with Crippen LogP contribution in [0, 0.1) is 0 Å². The van der Waals surface area contributed by atoms with Crippen molar-refractivity contribution in [1.82, 2.24) is 5.32 Å². The van der Waals surface area contributed by atoms with Crippen LogP contribution in [-0.4, -0.2) is 47.4 Å². The third-order valence-electron chi connectivity index (χ3n) is 14.7. The number of aliphatic hydroxyl groups excluding tert-OH is 2. The quantitative estimate of drug-likeness (QED) is 0.0321. The van der Waals surface area contributed by atoms with Gasteiger partial charge in [-0.3, -0.25) is 9.59 Å². The van der Waals surface area contributed by atoms with Gasteiger partial charge in [-0.2, -0.15) is 0 Å². The van der Waals surface area contributed by atoms with Crippen molar-refractivity contribution in [2.75, 3.05) is 13.2 Å². The van der Waals surface area contributed by atoms with Crippen LogP contribution in [0.1, 0.15) is 341 Å². The third-order valence-corrected chi connectivity index (χ3v) is 14.7. The number of amides is 1. The van der Waals surface area contributed by atoms with Crippen molar-refractivity contribution in [2.45, 2.75) is 353 Å². The van der Waals surface area contributed by atoms with Gasteiger partial charge in [0, 0.05) is 12.8 Å². The molecule has 0 aromatic carbocycles. The molecule has 6 heteroatoms. The van der Waals surface area contributed by atoms with Crippen molar-refractivity contribution in [2.24, 2.45) is 0 Å². The molecule has 0 bridgehead atoms. The second-order valence-corrected chi connectivity index (χ2v) is 21.7. The summed E-state index contributed by atoms with van der Waals surface area (Å²) in [6.07, 6.45) is 75.9. The number of ether oxygens (including phenoxy) is 1. The Hall–Kier alpha value is -1.92. The van der Waals surface area contributed by atoms with Gasteiger partial charge in [-0.05, 0) is 77.0 Å². The van der Waals surface area contributed by atoms with Crippen molar-refractivity contribution >= 4 is 11.9 Å². The van der Waals surface area contributed by atoms with Crippen molar-refractivity contribution in [3.8, 4) is 0 Å². The smallest absolute Gasteiger partial charge is 0.305 e. The van der Waals surface area contributed by atoms with Gasteiger partial charge in [-0.25, -0.2) is 0 Å². The molecule has 0 aromatic heterocycles. The Morgan fingerprint density at radius 2 is 0.718 bits per heavy atom. The molecule has 0 rings (SSSR count). The predicted octanol–water partition coefficient (Wildman–Crippen LogP) is 20.0. The van der Waals surface area contributed by atoms with Crippen molar-refractivity contribution in [3.63, 3.8) is 0 Å². The van der Waals surface area contributed by atoms with Crippen LogP contribution in [-0.2, 0) is 14.3 Å². The summed E-state index contributed by atoms with van der Waals surface area (Å²) in [6.45, 7) is 4.92. The maximum Gasteiger partial charge on any atom is 0.305 e. The summed E-state index contributed by atoms with van der Waals surface area (Å²) in [5.74, 6) is -0.0346. The number of hydrogen-bond acceptors (Lipinski definition) is 5. The first-order valence-electron chi connectivity index (χ1n) is 31.7. The van der Waals surface area contributed by atoms with Crippen molar-refractivity contribution in [3.05, 3.63) is 36.5 Å². The van der Waals surface area contributed by atoms with E-state index in [1.807, 2.05) is 0 Å². The molecule has 6 nitrogen and oxygen atoms in total. The Kier molecular flexibility index (Phi) is 59.0. The Morgan fingerprint density at radius 1 is 0.394 bits per heavy atom. The van der Waals surface area contributed by atoms with Gasteiger partial charge in [-0.15, -0.1) is 0 Å². The lowest BCUT2D eigenvalue weighted by atomic mass is 10.0.